The van der Waals surface area contributed by atoms with E-state index >= 15 is 0 Å². The summed E-state index contributed by atoms with van der Waals surface area (Å²) in [5, 5.41) is 11.2. The molecule has 8 nitrogen and oxygen atoms in total. The number of thiazole rings is 1. The summed E-state index contributed by atoms with van der Waals surface area (Å²) in [6, 6.07) is 15.4. The highest BCUT2D eigenvalue weighted by Gasteiger charge is 2.24. The third-order valence-corrected chi connectivity index (χ3v) is 8.17. The minimum atomic E-state index is 0.284. The number of nitrogens with one attached hydrogen (secondary N) is 1. The zero-order chi connectivity index (χ0) is 25.4. The highest BCUT2D eigenvalue weighted by Crippen LogP contribution is 2.37. The first-order valence-electron chi connectivity index (χ1n) is 12.4. The number of rotatable bonds is 7. The maximum absolute atomic E-state index is 5.95. The van der Waals surface area contributed by atoms with E-state index in [0.717, 1.165) is 60.9 Å². The molecule has 0 bridgehead atoms. The Morgan fingerprint density at radius 3 is 2.73 bits per heavy atom. The molecule has 2 aromatic carbocycles. The van der Waals surface area contributed by atoms with Crippen LogP contribution in [0.2, 0.25) is 0 Å². The molecular formula is C27H28N8S2. The van der Waals surface area contributed by atoms with Crippen LogP contribution in [-0.4, -0.2) is 42.8 Å². The van der Waals surface area contributed by atoms with Crippen molar-refractivity contribution in [1.82, 2.24) is 24.7 Å². The summed E-state index contributed by atoms with van der Waals surface area (Å²) in [5.74, 6) is 1.09. The second kappa shape index (κ2) is 9.95. The van der Waals surface area contributed by atoms with Gasteiger partial charge in [-0.05, 0) is 42.5 Å². The molecule has 0 amide bonds. The van der Waals surface area contributed by atoms with E-state index in [2.05, 4.69) is 66.2 Å². The maximum atomic E-state index is 5.95. The molecule has 0 unspecified atom stereocenters. The van der Waals surface area contributed by atoms with E-state index < -0.39 is 0 Å². The van der Waals surface area contributed by atoms with Gasteiger partial charge < -0.3 is 20.9 Å². The van der Waals surface area contributed by atoms with Gasteiger partial charge in [0.25, 0.3) is 0 Å². The second-order valence-corrected chi connectivity index (χ2v) is 10.7. The molecule has 4 heterocycles. The monoisotopic (exact) mass is 528 g/mol. The molecule has 5 aromatic rings. The van der Waals surface area contributed by atoms with Gasteiger partial charge in [-0.25, -0.2) is 4.98 Å². The number of hydrogen-bond acceptors (Lipinski definition) is 7. The zero-order valence-corrected chi connectivity index (χ0v) is 21.9. The predicted molar refractivity (Wildman–Crippen MR) is 154 cm³/mol. The first-order chi connectivity index (χ1) is 18.0. The summed E-state index contributed by atoms with van der Waals surface area (Å²) >= 11 is 6.96. The molecule has 10 heteroatoms. The molecule has 0 spiro atoms. The van der Waals surface area contributed by atoms with Gasteiger partial charge in [0.15, 0.2) is 5.13 Å². The van der Waals surface area contributed by atoms with Crippen molar-refractivity contribution >= 4 is 50.5 Å². The SMILES string of the molecule is NC(=S)c1cccc(-c2cn(C3CCN(c4nccs4)CC3)c3cc(CCc4nc(N)n[nH]4)ccc23)c1. The topological polar surface area (TPSA) is 115 Å². The number of aryl methyl sites for hydroxylation is 2. The lowest BCUT2D eigenvalue weighted by Gasteiger charge is -2.33. The fraction of sp³-hybridized carbons (Fsp3) is 0.259. The number of H-pyrrole nitrogens is 1. The van der Waals surface area contributed by atoms with Crippen molar-refractivity contribution in [1.29, 1.82) is 0 Å². The van der Waals surface area contributed by atoms with Gasteiger partial charge in [0.05, 0.1) is 0 Å². The number of fused-ring (bicyclic) bond motifs is 1. The van der Waals surface area contributed by atoms with Crippen LogP contribution in [0.15, 0.2) is 60.2 Å². The van der Waals surface area contributed by atoms with E-state index in [1.165, 1.54) is 22.0 Å². The Kier molecular flexibility index (Phi) is 6.35. The van der Waals surface area contributed by atoms with Crippen LogP contribution in [0.5, 0.6) is 0 Å². The lowest BCUT2D eigenvalue weighted by molar-refractivity contribution is 0.405. The molecule has 0 saturated carbocycles. The van der Waals surface area contributed by atoms with Crippen LogP contribution >= 0.6 is 23.6 Å². The number of piperidine rings is 1. The number of benzene rings is 2. The first-order valence-corrected chi connectivity index (χ1v) is 13.7. The van der Waals surface area contributed by atoms with Crippen molar-refractivity contribution in [2.75, 3.05) is 23.7 Å². The Morgan fingerprint density at radius 1 is 1.14 bits per heavy atom. The Bertz CT molecular complexity index is 1540. The Labute approximate surface area is 224 Å². The van der Waals surface area contributed by atoms with Crippen LogP contribution in [-0.2, 0) is 12.8 Å². The predicted octanol–water partition coefficient (Wildman–Crippen LogP) is 4.73. The number of nitrogen functional groups attached to an aromatic ring is 1. The molecule has 37 heavy (non-hydrogen) atoms. The van der Waals surface area contributed by atoms with Gasteiger partial charge in [0.1, 0.15) is 10.8 Å². The molecule has 1 aliphatic heterocycles. The smallest absolute Gasteiger partial charge is 0.239 e. The lowest BCUT2D eigenvalue weighted by Crippen LogP contribution is -2.34. The minimum absolute atomic E-state index is 0.284. The van der Waals surface area contributed by atoms with E-state index in [9.17, 15) is 0 Å². The molecule has 3 aromatic heterocycles. The summed E-state index contributed by atoms with van der Waals surface area (Å²) in [4.78, 5) is 11.6. The maximum Gasteiger partial charge on any atom is 0.239 e. The van der Waals surface area contributed by atoms with Gasteiger partial charge in [0.2, 0.25) is 5.95 Å². The highest BCUT2D eigenvalue weighted by molar-refractivity contribution is 7.80. The van der Waals surface area contributed by atoms with Crippen LogP contribution in [0.25, 0.3) is 22.0 Å². The van der Waals surface area contributed by atoms with E-state index in [4.69, 9.17) is 23.7 Å². The van der Waals surface area contributed by atoms with Gasteiger partial charge in [0, 0.05) is 65.4 Å². The molecule has 0 atom stereocenters. The Balaban J connectivity index is 1.35. The molecule has 1 fully saturated rings. The van der Waals surface area contributed by atoms with Gasteiger partial charge in [-0.2, -0.15) is 4.98 Å². The summed E-state index contributed by atoms with van der Waals surface area (Å²) in [6.45, 7) is 1.99. The number of nitrogens with two attached hydrogens (primary N) is 2. The van der Waals surface area contributed by atoms with Crippen LogP contribution in [0.4, 0.5) is 11.1 Å². The average molecular weight is 529 g/mol. The summed E-state index contributed by atoms with van der Waals surface area (Å²) in [7, 11) is 0. The number of anilines is 2. The summed E-state index contributed by atoms with van der Waals surface area (Å²) in [5.41, 5.74) is 17.3. The molecule has 1 aliphatic rings. The normalized spacial score (nSPS) is 14.4. The van der Waals surface area contributed by atoms with E-state index in [0.29, 0.717) is 11.0 Å². The number of aromatic nitrogens is 5. The molecule has 6 rings (SSSR count). The molecule has 0 radical (unpaired) electrons. The van der Waals surface area contributed by atoms with Crippen molar-refractivity contribution in [3.63, 3.8) is 0 Å². The highest BCUT2D eigenvalue weighted by atomic mass is 32.1. The van der Waals surface area contributed by atoms with Crippen molar-refractivity contribution < 1.29 is 0 Å². The third kappa shape index (κ3) is 4.82. The van der Waals surface area contributed by atoms with Crippen LogP contribution in [0.1, 0.15) is 35.8 Å². The van der Waals surface area contributed by atoms with Crippen LogP contribution < -0.4 is 16.4 Å². The lowest BCUT2D eigenvalue weighted by atomic mass is 10.0. The van der Waals surface area contributed by atoms with Crippen molar-refractivity contribution in [3.05, 3.63) is 77.2 Å². The van der Waals surface area contributed by atoms with E-state index in [-0.39, 0.29) is 5.95 Å². The fourth-order valence-electron chi connectivity index (χ4n) is 5.22. The van der Waals surface area contributed by atoms with Crippen molar-refractivity contribution in [3.8, 4) is 11.1 Å². The Morgan fingerprint density at radius 2 is 2.00 bits per heavy atom. The van der Waals surface area contributed by atoms with Gasteiger partial charge in [-0.1, -0.05) is 42.5 Å². The average Bonchev–Trinajstić information content (AvgIpc) is 3.68. The zero-order valence-electron chi connectivity index (χ0n) is 20.3. The molecular weight excluding hydrogens is 500 g/mol. The molecule has 188 valence electrons. The minimum Gasteiger partial charge on any atom is -0.389 e. The Hall–Kier alpha value is -3.76. The number of aromatic amines is 1. The fourth-order valence-corrected chi connectivity index (χ4v) is 6.04. The number of hydrogen-bond donors (Lipinski definition) is 3. The van der Waals surface area contributed by atoms with Gasteiger partial charge >= 0.3 is 0 Å². The van der Waals surface area contributed by atoms with Crippen molar-refractivity contribution in [2.24, 2.45) is 5.73 Å². The van der Waals surface area contributed by atoms with Gasteiger partial charge in [-0.15, -0.1) is 16.4 Å². The van der Waals surface area contributed by atoms with Crippen LogP contribution in [0, 0.1) is 0 Å². The van der Waals surface area contributed by atoms with Crippen LogP contribution in [0.3, 0.4) is 0 Å². The molecule has 1 saturated heterocycles. The number of nitrogens with zero attached hydrogens (tertiary/aromatic N) is 5. The third-order valence-electron chi connectivity index (χ3n) is 7.10. The number of thiocarbonyl (C=S) groups is 1. The summed E-state index contributed by atoms with van der Waals surface area (Å²) in [6.07, 6.45) is 7.94. The standard InChI is InChI=1S/C27H28N8S2/c28-25(36)19-3-1-2-18(15-19)22-16-35(20-8-11-34(12-9-20)27-30-10-13-37-27)23-14-17(4-6-21(22)23)5-7-24-31-26(29)33-32-24/h1-4,6,10,13-16,20H,5,7-9,11-12H2,(H2,28,36)(H3,29,31,32,33). The molecule has 5 N–H and O–H groups in total. The second-order valence-electron chi connectivity index (χ2n) is 9.42. The summed E-state index contributed by atoms with van der Waals surface area (Å²) < 4.78 is 2.48. The van der Waals surface area contributed by atoms with E-state index in [1.54, 1.807) is 11.3 Å². The van der Waals surface area contributed by atoms with Crippen molar-refractivity contribution in [2.45, 2.75) is 31.7 Å². The first kappa shape index (κ1) is 23.6. The van der Waals surface area contributed by atoms with E-state index in [1.807, 2.05) is 23.7 Å². The van der Waals surface area contributed by atoms with Gasteiger partial charge in [-0.3, -0.25) is 5.10 Å². The molecule has 0 aliphatic carbocycles. The quantitative estimate of drug-likeness (QED) is 0.262. The largest absolute Gasteiger partial charge is 0.389 e.